The summed E-state index contributed by atoms with van der Waals surface area (Å²) in [6.07, 6.45) is 5.12. The molecule has 9 nitrogen and oxygen atoms in total. The minimum atomic E-state index is -3.77. The third-order valence-electron chi connectivity index (χ3n) is 6.61. The van der Waals surface area contributed by atoms with E-state index in [1.54, 1.807) is 4.90 Å². The Hall–Kier alpha value is -2.66. The van der Waals surface area contributed by atoms with Crippen LogP contribution < -0.4 is 9.21 Å². The molecule has 11 heteroatoms. The highest BCUT2D eigenvalue weighted by Crippen LogP contribution is 2.29. The summed E-state index contributed by atoms with van der Waals surface area (Å²) in [4.78, 5) is 21.6. The van der Waals surface area contributed by atoms with Crippen LogP contribution in [0.1, 0.15) is 41.3 Å². The van der Waals surface area contributed by atoms with Gasteiger partial charge in [0.1, 0.15) is 5.82 Å². The normalized spacial score (nSPS) is 18.5. The Labute approximate surface area is 207 Å². The van der Waals surface area contributed by atoms with E-state index in [-0.39, 0.29) is 27.8 Å². The Bertz CT molecular complexity index is 1330. The van der Waals surface area contributed by atoms with Crippen molar-refractivity contribution in [2.45, 2.75) is 38.0 Å². The van der Waals surface area contributed by atoms with Crippen molar-refractivity contribution in [3.63, 3.8) is 0 Å². The van der Waals surface area contributed by atoms with Crippen molar-refractivity contribution < 1.29 is 21.6 Å². The van der Waals surface area contributed by atoms with Crippen LogP contribution in [0.25, 0.3) is 0 Å². The Balaban J connectivity index is 1.56. The minimum Gasteiger partial charge on any atom is -0.353 e. The molecular formula is C24H32N4O5S2. The highest BCUT2D eigenvalue weighted by molar-refractivity contribution is 7.92. The van der Waals surface area contributed by atoms with Gasteiger partial charge in [-0.15, -0.1) is 0 Å². The molecule has 0 spiro atoms. The summed E-state index contributed by atoms with van der Waals surface area (Å²) in [6.45, 7) is 6.45. The van der Waals surface area contributed by atoms with Gasteiger partial charge in [0.25, 0.3) is 5.91 Å². The first kappa shape index (κ1) is 25.4. The molecule has 2 aliphatic heterocycles. The topological polar surface area (TPSA) is 108 Å². The Morgan fingerprint density at radius 2 is 1.77 bits per heavy atom. The van der Waals surface area contributed by atoms with E-state index in [0.717, 1.165) is 24.1 Å². The van der Waals surface area contributed by atoms with E-state index >= 15 is 0 Å². The van der Waals surface area contributed by atoms with Gasteiger partial charge in [-0.05, 0) is 55.5 Å². The number of hydrogen-bond acceptors (Lipinski definition) is 7. The van der Waals surface area contributed by atoms with Crippen LogP contribution in [0.3, 0.4) is 0 Å². The number of sulfonamides is 1. The van der Waals surface area contributed by atoms with Gasteiger partial charge in [-0.2, -0.15) is 0 Å². The number of rotatable bonds is 5. The summed E-state index contributed by atoms with van der Waals surface area (Å²) >= 11 is 0. The van der Waals surface area contributed by atoms with Gasteiger partial charge in [-0.25, -0.2) is 21.8 Å². The van der Waals surface area contributed by atoms with Gasteiger partial charge in [0.2, 0.25) is 10.0 Å². The number of hydrogen-bond donors (Lipinski definition) is 0. The van der Waals surface area contributed by atoms with E-state index in [2.05, 4.69) is 22.9 Å². The van der Waals surface area contributed by atoms with E-state index in [1.807, 2.05) is 13.1 Å². The van der Waals surface area contributed by atoms with Gasteiger partial charge in [-0.1, -0.05) is 13.0 Å². The van der Waals surface area contributed by atoms with Crippen molar-refractivity contribution in [3.8, 4) is 0 Å². The molecular weight excluding hydrogens is 488 g/mol. The average Bonchev–Trinajstić information content (AvgIpc) is 2.82. The number of piperazine rings is 1. The van der Waals surface area contributed by atoms with Crippen molar-refractivity contribution in [1.82, 2.24) is 9.88 Å². The first-order chi connectivity index (χ1) is 16.5. The third-order valence-corrected chi connectivity index (χ3v) is 9.62. The second kappa shape index (κ2) is 9.77. The number of carbonyl (C=O) groups is 1. The second-order valence-corrected chi connectivity index (χ2v) is 13.2. The van der Waals surface area contributed by atoms with Gasteiger partial charge in [0, 0.05) is 45.2 Å². The molecule has 0 aliphatic carbocycles. The number of sulfone groups is 1. The molecule has 2 fully saturated rings. The minimum absolute atomic E-state index is 0.0294. The molecule has 1 amide bonds. The number of pyridine rings is 1. The number of nitrogens with zero attached hydrogens (tertiary/aromatic N) is 4. The first-order valence-corrected chi connectivity index (χ1v) is 15.4. The largest absolute Gasteiger partial charge is 0.353 e. The molecule has 1 aromatic heterocycles. The molecule has 3 heterocycles. The first-order valence-electron chi connectivity index (χ1n) is 11.9. The van der Waals surface area contributed by atoms with Crippen LogP contribution in [-0.4, -0.2) is 77.4 Å². The lowest BCUT2D eigenvalue weighted by Gasteiger charge is -2.36. The number of aromatic nitrogens is 1. The zero-order valence-electron chi connectivity index (χ0n) is 20.4. The SMILES string of the molecule is CCc1cnc(N2CCN(C(=O)c3ccc(N4CCCCS4(=O)=O)cc3S(C)(=O)=O)CC2)c(C)c1. The second-order valence-electron chi connectivity index (χ2n) is 9.16. The average molecular weight is 521 g/mol. The number of amides is 1. The molecule has 2 saturated heterocycles. The molecule has 2 aliphatic rings. The van der Waals surface area contributed by atoms with Crippen LogP contribution in [0.2, 0.25) is 0 Å². The fraction of sp³-hybridized carbons (Fsp3) is 0.500. The summed E-state index contributed by atoms with van der Waals surface area (Å²) in [5.41, 5.74) is 2.62. The molecule has 0 radical (unpaired) electrons. The lowest BCUT2D eigenvalue weighted by Crippen LogP contribution is -2.49. The van der Waals surface area contributed by atoms with Gasteiger partial charge in [0.05, 0.1) is 21.9 Å². The Morgan fingerprint density at radius 1 is 1.06 bits per heavy atom. The predicted octanol–water partition coefficient (Wildman–Crippen LogP) is 2.25. The molecule has 1 aromatic carbocycles. The fourth-order valence-electron chi connectivity index (χ4n) is 4.67. The van der Waals surface area contributed by atoms with Gasteiger partial charge >= 0.3 is 0 Å². The van der Waals surface area contributed by atoms with E-state index in [0.29, 0.717) is 45.6 Å². The molecule has 35 heavy (non-hydrogen) atoms. The maximum atomic E-state index is 13.4. The summed E-state index contributed by atoms with van der Waals surface area (Å²) < 4.78 is 51.5. The Morgan fingerprint density at radius 3 is 2.37 bits per heavy atom. The maximum absolute atomic E-state index is 13.4. The highest BCUT2D eigenvalue weighted by Gasteiger charge is 2.31. The standard InChI is InChI=1S/C24H32N4O5S2/c1-4-19-15-18(2)23(25-17-19)26-10-12-27(13-11-26)24(29)21-8-7-20(16-22(21)34(3,30)31)28-9-5-6-14-35(28,32)33/h7-8,15-17H,4-6,9-14H2,1-3H3. The smallest absolute Gasteiger partial charge is 0.255 e. The van der Waals surface area contributed by atoms with Crippen molar-refractivity contribution in [2.75, 3.05) is 53.9 Å². The predicted molar refractivity (Wildman–Crippen MR) is 136 cm³/mol. The molecule has 0 bridgehead atoms. The summed E-state index contributed by atoms with van der Waals surface area (Å²) in [7, 11) is -7.27. The van der Waals surface area contributed by atoms with Gasteiger partial charge in [-0.3, -0.25) is 9.10 Å². The number of carbonyl (C=O) groups excluding carboxylic acids is 1. The fourth-order valence-corrected chi connectivity index (χ4v) is 7.19. The van der Waals surface area contributed by atoms with Crippen molar-refractivity contribution in [2.24, 2.45) is 0 Å². The summed E-state index contributed by atoms with van der Waals surface area (Å²) in [5.74, 6) is 0.559. The van der Waals surface area contributed by atoms with Crippen LogP contribution in [-0.2, 0) is 26.3 Å². The number of anilines is 2. The zero-order valence-corrected chi connectivity index (χ0v) is 22.0. The quantitative estimate of drug-likeness (QED) is 0.595. The molecule has 0 N–H and O–H groups in total. The van der Waals surface area contributed by atoms with Crippen molar-refractivity contribution in [3.05, 3.63) is 47.2 Å². The van der Waals surface area contributed by atoms with E-state index in [1.165, 1.54) is 28.1 Å². The van der Waals surface area contributed by atoms with Gasteiger partial charge in [0.15, 0.2) is 9.84 Å². The van der Waals surface area contributed by atoms with Crippen LogP contribution in [0.15, 0.2) is 35.4 Å². The van der Waals surface area contributed by atoms with Crippen LogP contribution in [0, 0.1) is 6.92 Å². The Kier molecular flexibility index (Phi) is 7.10. The zero-order chi connectivity index (χ0) is 25.4. The molecule has 0 saturated carbocycles. The lowest BCUT2D eigenvalue weighted by atomic mass is 10.1. The molecule has 4 rings (SSSR count). The maximum Gasteiger partial charge on any atom is 0.255 e. The van der Waals surface area contributed by atoms with Crippen LogP contribution in [0.4, 0.5) is 11.5 Å². The molecule has 2 aromatic rings. The molecule has 190 valence electrons. The summed E-state index contributed by atoms with van der Waals surface area (Å²) in [5, 5.41) is 0. The number of benzene rings is 1. The monoisotopic (exact) mass is 520 g/mol. The highest BCUT2D eigenvalue weighted by atomic mass is 32.2. The van der Waals surface area contributed by atoms with E-state index in [4.69, 9.17) is 0 Å². The molecule has 0 unspecified atom stereocenters. The van der Waals surface area contributed by atoms with Crippen molar-refractivity contribution >= 4 is 37.3 Å². The molecule has 0 atom stereocenters. The van der Waals surface area contributed by atoms with E-state index < -0.39 is 19.9 Å². The lowest BCUT2D eigenvalue weighted by molar-refractivity contribution is 0.0742. The van der Waals surface area contributed by atoms with Crippen LogP contribution >= 0.6 is 0 Å². The summed E-state index contributed by atoms with van der Waals surface area (Å²) in [6, 6.07) is 6.43. The van der Waals surface area contributed by atoms with E-state index in [9.17, 15) is 21.6 Å². The third kappa shape index (κ3) is 5.30. The van der Waals surface area contributed by atoms with Gasteiger partial charge < -0.3 is 9.80 Å². The van der Waals surface area contributed by atoms with Crippen LogP contribution in [0.5, 0.6) is 0 Å². The van der Waals surface area contributed by atoms with Crippen molar-refractivity contribution in [1.29, 1.82) is 0 Å². The number of aryl methyl sites for hydroxylation is 2.